The molecular formula is C62H98N8O11. The number of carbonyl (C=O) groups excluding carboxylic acids is 10. The first kappa shape index (κ1) is 71.1. The van der Waals surface area contributed by atoms with Crippen LogP contribution in [0.25, 0.3) is 0 Å². The lowest BCUT2D eigenvalue weighted by atomic mass is 9.85. The van der Waals surface area contributed by atoms with Crippen molar-refractivity contribution >= 4 is 58.5 Å². The SMILES string of the molecule is CCCCCCC(=O)C[C@@H](CCN)C(=O)N[C@@H](Cc1ccccc1)C(=O)C[C@@H](CCN)C(=O)N[C@H](Cc1ccccc1)C(=O)C[C@@H](CC(C)C)C(=O)N[C@@H](CCN)C(=O)C[C@@H](C(=O)N[C@@H](CC(C)C)C(=O)C[C@@H](CO)C(N)=O)C(C)C. The molecular weight excluding hydrogens is 1030 g/mol. The number of hydrogen-bond acceptors (Lipinski definition) is 14. The van der Waals surface area contributed by atoms with E-state index in [9.17, 15) is 53.1 Å². The van der Waals surface area contributed by atoms with Crippen LogP contribution in [0.5, 0.6) is 0 Å². The van der Waals surface area contributed by atoms with Gasteiger partial charge >= 0.3 is 0 Å². The van der Waals surface area contributed by atoms with Crippen molar-refractivity contribution < 1.29 is 53.1 Å². The van der Waals surface area contributed by atoms with Crippen LogP contribution < -0.4 is 44.2 Å². The van der Waals surface area contributed by atoms with Crippen LogP contribution in [0.15, 0.2) is 60.7 Å². The lowest BCUT2D eigenvalue weighted by Crippen LogP contribution is -2.50. The van der Waals surface area contributed by atoms with Gasteiger partial charge in [-0.2, -0.15) is 0 Å². The molecule has 9 atom stereocenters. The molecule has 5 amide bonds. The number of aliphatic hydroxyl groups is 1. The summed E-state index contributed by atoms with van der Waals surface area (Å²) in [5.41, 5.74) is 24.8. The Morgan fingerprint density at radius 2 is 0.889 bits per heavy atom. The van der Waals surface area contributed by atoms with Crippen LogP contribution in [0.1, 0.15) is 156 Å². The van der Waals surface area contributed by atoms with E-state index in [1.54, 1.807) is 38.1 Å². The first-order valence-corrected chi connectivity index (χ1v) is 29.4. The molecule has 0 spiro atoms. The largest absolute Gasteiger partial charge is 0.396 e. The minimum Gasteiger partial charge on any atom is -0.396 e. The predicted molar refractivity (Wildman–Crippen MR) is 313 cm³/mol. The third-order valence-corrected chi connectivity index (χ3v) is 14.8. The van der Waals surface area contributed by atoms with E-state index in [4.69, 9.17) is 22.9 Å². The molecule has 2 aromatic rings. The average Bonchev–Trinajstić information content (AvgIpc) is 3.43. The molecule has 0 aliphatic carbocycles. The van der Waals surface area contributed by atoms with E-state index in [0.29, 0.717) is 12.0 Å². The summed E-state index contributed by atoms with van der Waals surface area (Å²) in [5, 5.41) is 21.1. The summed E-state index contributed by atoms with van der Waals surface area (Å²) >= 11 is 0. The van der Waals surface area contributed by atoms with Crippen molar-refractivity contribution in [2.75, 3.05) is 26.2 Å². The molecule has 19 nitrogen and oxygen atoms in total. The van der Waals surface area contributed by atoms with Crippen LogP contribution in [0.2, 0.25) is 0 Å². The number of hydrogen-bond donors (Lipinski definition) is 9. The van der Waals surface area contributed by atoms with Gasteiger partial charge in [0.2, 0.25) is 29.5 Å². The Kier molecular flexibility index (Phi) is 33.9. The Balaban J connectivity index is 2.43. The van der Waals surface area contributed by atoms with Crippen molar-refractivity contribution in [1.29, 1.82) is 0 Å². The molecule has 13 N–H and O–H groups in total. The van der Waals surface area contributed by atoms with E-state index >= 15 is 0 Å². The number of nitrogens with two attached hydrogens (primary N) is 4. The third kappa shape index (κ3) is 27.1. The van der Waals surface area contributed by atoms with Crippen molar-refractivity contribution in [2.24, 2.45) is 70.3 Å². The quantitative estimate of drug-likeness (QED) is 0.0412. The number of carbonyl (C=O) groups is 10. The predicted octanol–water partition coefficient (Wildman–Crippen LogP) is 4.53. The van der Waals surface area contributed by atoms with Crippen LogP contribution in [0.3, 0.4) is 0 Å². The lowest BCUT2D eigenvalue weighted by Gasteiger charge is -2.28. The van der Waals surface area contributed by atoms with Gasteiger partial charge in [0.25, 0.3) is 0 Å². The molecule has 2 aromatic carbocycles. The van der Waals surface area contributed by atoms with Gasteiger partial charge < -0.3 is 49.3 Å². The van der Waals surface area contributed by atoms with Crippen molar-refractivity contribution in [3.05, 3.63) is 71.8 Å². The summed E-state index contributed by atoms with van der Waals surface area (Å²) in [6.45, 7) is 12.6. The standard InChI is InChI=1S/C62H98N8O11/c1-8-9-10-17-22-48(72)33-44(23-26-63)59(78)68-52(31-42-18-13-11-14-19-42)54(73)34-45(24-27-64)60(79)69-53(32-43-20-15-12-16-21-43)55(74)35-46(29-39(2)3)61(80)67-50(25-28-65)57(76)37-49(41(6)7)62(81)70-51(30-40(4)5)56(75)36-47(38-71)58(66)77/h11-16,18-21,39-41,44-47,49-53,71H,8-10,17,22-38,63-65H2,1-7H3,(H2,66,77)(H,67,80)(H,68,78)(H,69,79)(H,70,81)/t44-,45-,46-,47+,49-,50+,51+,52+,53-/m1/s1. The molecule has 0 saturated carbocycles. The number of Topliss-reactive ketones (excluding diaryl/α,β-unsaturated/α-hetero) is 5. The maximum atomic E-state index is 14.7. The molecule has 0 unspecified atom stereocenters. The van der Waals surface area contributed by atoms with Crippen LogP contribution in [-0.4, -0.2) is 114 Å². The molecule has 2 rings (SSSR count). The highest BCUT2D eigenvalue weighted by atomic mass is 16.3. The molecule has 0 radical (unpaired) electrons. The summed E-state index contributed by atoms with van der Waals surface area (Å²) < 4.78 is 0. The van der Waals surface area contributed by atoms with Gasteiger partial charge in [-0.1, -0.05) is 128 Å². The van der Waals surface area contributed by atoms with Crippen molar-refractivity contribution in [2.45, 2.75) is 182 Å². The Labute approximate surface area is 481 Å². The van der Waals surface area contributed by atoms with Crippen molar-refractivity contribution in [1.82, 2.24) is 21.3 Å². The minimum atomic E-state index is -1.17. The second-order valence-electron chi connectivity index (χ2n) is 23.1. The Morgan fingerprint density at radius 1 is 0.469 bits per heavy atom. The Bertz CT molecular complexity index is 2300. The van der Waals surface area contributed by atoms with Crippen molar-refractivity contribution in [3.63, 3.8) is 0 Å². The summed E-state index contributed by atoms with van der Waals surface area (Å²) in [4.78, 5) is 138. The number of amides is 5. The smallest absolute Gasteiger partial charge is 0.224 e. The molecule has 0 aromatic heterocycles. The highest BCUT2D eigenvalue weighted by Gasteiger charge is 2.37. The van der Waals surface area contributed by atoms with Gasteiger partial charge in [0, 0.05) is 62.2 Å². The highest BCUT2D eigenvalue weighted by molar-refractivity contribution is 5.98. The number of unbranched alkanes of at least 4 members (excludes halogenated alkanes) is 3. The Hall–Kier alpha value is -6.02. The average molecular weight is 1130 g/mol. The molecule has 0 saturated heterocycles. The lowest BCUT2D eigenvalue weighted by molar-refractivity contribution is -0.137. The van der Waals surface area contributed by atoms with Gasteiger partial charge in [-0.05, 0) is 99.9 Å². The molecule has 19 heteroatoms. The minimum absolute atomic E-state index is 0.00799. The van der Waals surface area contributed by atoms with Gasteiger partial charge in [0.1, 0.15) is 5.78 Å². The zero-order valence-electron chi connectivity index (χ0n) is 49.4. The number of ketones is 5. The topological polar surface area (TPSA) is 343 Å². The van der Waals surface area contributed by atoms with Gasteiger partial charge in [-0.3, -0.25) is 47.9 Å². The van der Waals surface area contributed by atoms with Crippen LogP contribution in [-0.2, 0) is 60.8 Å². The highest BCUT2D eigenvalue weighted by Crippen LogP contribution is 2.24. The summed E-state index contributed by atoms with van der Waals surface area (Å²) in [5.74, 6) is -10.5. The van der Waals surface area contributed by atoms with Crippen molar-refractivity contribution in [3.8, 4) is 0 Å². The number of nitrogens with one attached hydrogen (secondary N) is 4. The molecule has 0 aliphatic rings. The normalized spacial score (nSPS) is 14.8. The van der Waals surface area contributed by atoms with Gasteiger partial charge in [0.05, 0.1) is 36.7 Å². The van der Waals surface area contributed by atoms with E-state index in [2.05, 4.69) is 28.2 Å². The number of aliphatic hydroxyl groups excluding tert-OH is 1. The zero-order chi connectivity index (χ0) is 60.6. The van der Waals surface area contributed by atoms with Crippen LogP contribution >= 0.6 is 0 Å². The maximum Gasteiger partial charge on any atom is 0.224 e. The fourth-order valence-corrected chi connectivity index (χ4v) is 9.99. The van der Waals surface area contributed by atoms with Gasteiger partial charge in [-0.15, -0.1) is 0 Å². The molecule has 0 heterocycles. The van der Waals surface area contributed by atoms with Gasteiger partial charge in [-0.25, -0.2) is 0 Å². The summed E-state index contributed by atoms with van der Waals surface area (Å²) in [7, 11) is 0. The molecule has 0 bridgehead atoms. The molecule has 452 valence electrons. The van der Waals surface area contributed by atoms with Gasteiger partial charge in [0.15, 0.2) is 23.1 Å². The molecule has 0 fully saturated rings. The first-order valence-electron chi connectivity index (χ1n) is 29.4. The van der Waals surface area contributed by atoms with Crippen LogP contribution in [0, 0.1) is 47.3 Å². The van der Waals surface area contributed by atoms with E-state index < -0.39 is 119 Å². The monoisotopic (exact) mass is 1130 g/mol. The number of rotatable bonds is 44. The maximum absolute atomic E-state index is 14.7. The summed E-state index contributed by atoms with van der Waals surface area (Å²) in [6.07, 6.45) is 3.54. The Morgan fingerprint density at radius 3 is 1.33 bits per heavy atom. The first-order chi connectivity index (χ1) is 38.5. The third-order valence-electron chi connectivity index (χ3n) is 14.8. The second kappa shape index (κ2) is 38.6. The van der Waals surface area contributed by atoms with E-state index in [1.165, 1.54) is 0 Å². The summed E-state index contributed by atoms with van der Waals surface area (Å²) in [6, 6.07) is 13.7. The molecule has 81 heavy (non-hydrogen) atoms. The van der Waals surface area contributed by atoms with E-state index in [-0.39, 0.29) is 114 Å². The fourth-order valence-electron chi connectivity index (χ4n) is 9.99. The number of primary amides is 1. The molecule has 0 aliphatic heterocycles. The zero-order valence-corrected chi connectivity index (χ0v) is 49.4. The fraction of sp³-hybridized carbons (Fsp3) is 0.645. The number of benzene rings is 2. The van der Waals surface area contributed by atoms with Crippen LogP contribution in [0.4, 0.5) is 0 Å². The van der Waals surface area contributed by atoms with E-state index in [1.807, 2.05) is 64.1 Å². The van der Waals surface area contributed by atoms with E-state index in [0.717, 1.165) is 31.2 Å². The second-order valence-corrected chi connectivity index (χ2v) is 23.1.